The highest BCUT2D eigenvalue weighted by atomic mass is 127. The van der Waals surface area contributed by atoms with E-state index in [1.807, 2.05) is 0 Å². The number of hydrogen-bond acceptors (Lipinski definition) is 1. The van der Waals surface area contributed by atoms with Crippen LogP contribution in [0.4, 0.5) is 8.78 Å². The summed E-state index contributed by atoms with van der Waals surface area (Å²) < 4.78 is 28.2. The van der Waals surface area contributed by atoms with Gasteiger partial charge in [-0.25, -0.2) is 0 Å². The van der Waals surface area contributed by atoms with E-state index in [2.05, 4.69) is 33.4 Å². The Balaban J connectivity index is 2.66. The topological polar surface area (TPSA) is 9.23 Å². The SMILES string of the molecule is FC(F)Oc1[c]cc(I)cc1. The van der Waals surface area contributed by atoms with Crippen molar-refractivity contribution in [2.24, 2.45) is 0 Å². The maximum Gasteiger partial charge on any atom is 0.387 e. The average Bonchev–Trinajstić information content (AvgIpc) is 1.93. The monoisotopic (exact) mass is 269 g/mol. The minimum Gasteiger partial charge on any atom is -0.434 e. The van der Waals surface area contributed by atoms with E-state index in [1.165, 1.54) is 6.07 Å². The predicted octanol–water partition coefficient (Wildman–Crippen LogP) is 2.69. The molecule has 0 spiro atoms. The molecule has 0 amide bonds. The summed E-state index contributed by atoms with van der Waals surface area (Å²) in [6, 6.07) is 7.27. The van der Waals surface area contributed by atoms with Crippen molar-refractivity contribution in [1.29, 1.82) is 0 Å². The van der Waals surface area contributed by atoms with E-state index in [4.69, 9.17) is 0 Å². The maximum absolute atomic E-state index is 11.6. The first-order valence-corrected chi connectivity index (χ1v) is 3.88. The van der Waals surface area contributed by atoms with Crippen LogP contribution in [0.15, 0.2) is 18.2 Å². The lowest BCUT2D eigenvalue weighted by Crippen LogP contribution is -2.01. The van der Waals surface area contributed by atoms with Gasteiger partial charge < -0.3 is 4.74 Å². The molecule has 0 unspecified atom stereocenters. The molecule has 0 aromatic heterocycles. The van der Waals surface area contributed by atoms with Gasteiger partial charge in [0, 0.05) is 9.64 Å². The number of hydrogen-bond donors (Lipinski definition) is 0. The summed E-state index contributed by atoms with van der Waals surface area (Å²) in [5, 5.41) is 0. The van der Waals surface area contributed by atoms with Gasteiger partial charge in [0.1, 0.15) is 5.75 Å². The van der Waals surface area contributed by atoms with E-state index in [9.17, 15) is 8.78 Å². The second-order valence-electron chi connectivity index (χ2n) is 1.75. The minimum absolute atomic E-state index is 0.0698. The lowest BCUT2D eigenvalue weighted by Gasteiger charge is -2.02. The Bertz CT molecular complexity index is 222. The Morgan fingerprint density at radius 1 is 1.45 bits per heavy atom. The van der Waals surface area contributed by atoms with Gasteiger partial charge in [-0.2, -0.15) is 8.78 Å². The molecular formula is C7H4F2IO. The molecule has 1 radical (unpaired) electrons. The number of benzene rings is 1. The van der Waals surface area contributed by atoms with E-state index >= 15 is 0 Å². The molecule has 1 aromatic rings. The molecule has 0 saturated carbocycles. The maximum atomic E-state index is 11.6. The van der Waals surface area contributed by atoms with Gasteiger partial charge in [0.25, 0.3) is 0 Å². The van der Waals surface area contributed by atoms with Crippen molar-refractivity contribution >= 4 is 22.6 Å². The van der Waals surface area contributed by atoms with Crippen molar-refractivity contribution in [3.8, 4) is 5.75 Å². The normalized spacial score (nSPS) is 10.2. The standard InChI is InChI=1S/C7H4F2IO/c8-7(9)11-6-3-1-5(10)2-4-6/h1-3,7H. The highest BCUT2D eigenvalue weighted by molar-refractivity contribution is 14.1. The Kier molecular flexibility index (Phi) is 3.04. The second kappa shape index (κ2) is 3.85. The fraction of sp³-hybridized carbons (Fsp3) is 0.143. The van der Waals surface area contributed by atoms with Gasteiger partial charge in [-0.05, 0) is 40.8 Å². The predicted molar refractivity (Wildman–Crippen MR) is 44.6 cm³/mol. The summed E-state index contributed by atoms with van der Waals surface area (Å²) in [6.45, 7) is -2.77. The molecule has 0 aliphatic heterocycles. The van der Waals surface area contributed by atoms with Crippen LogP contribution in [-0.4, -0.2) is 6.61 Å². The summed E-state index contributed by atoms with van der Waals surface area (Å²) in [5.41, 5.74) is 0. The molecule has 0 atom stereocenters. The van der Waals surface area contributed by atoms with Crippen molar-refractivity contribution in [2.45, 2.75) is 6.61 Å². The second-order valence-corrected chi connectivity index (χ2v) is 3.00. The first-order valence-electron chi connectivity index (χ1n) is 2.80. The molecule has 0 heterocycles. The van der Waals surface area contributed by atoms with E-state index in [0.717, 1.165) is 3.57 Å². The Hall–Kier alpha value is -0.390. The van der Waals surface area contributed by atoms with Crippen LogP contribution in [0.5, 0.6) is 5.75 Å². The number of ether oxygens (including phenoxy) is 1. The molecule has 0 fully saturated rings. The Morgan fingerprint density at radius 3 is 2.64 bits per heavy atom. The molecule has 59 valence electrons. The molecule has 4 heteroatoms. The molecular weight excluding hydrogens is 265 g/mol. The number of halogens is 3. The summed E-state index contributed by atoms with van der Waals surface area (Å²) in [6.07, 6.45) is 0. The van der Waals surface area contributed by atoms with Gasteiger partial charge in [-0.15, -0.1) is 0 Å². The van der Waals surface area contributed by atoms with Crippen LogP contribution in [0.1, 0.15) is 0 Å². The van der Waals surface area contributed by atoms with Crippen LogP contribution in [-0.2, 0) is 0 Å². The van der Waals surface area contributed by atoms with Crippen LogP contribution in [0.2, 0.25) is 0 Å². The summed E-state index contributed by atoms with van der Waals surface area (Å²) in [4.78, 5) is 0. The lowest BCUT2D eigenvalue weighted by atomic mass is 10.3. The fourth-order valence-electron chi connectivity index (χ4n) is 0.561. The van der Waals surface area contributed by atoms with Crippen molar-refractivity contribution in [3.05, 3.63) is 27.8 Å². The molecule has 1 aromatic carbocycles. The van der Waals surface area contributed by atoms with Crippen molar-refractivity contribution < 1.29 is 13.5 Å². The molecule has 1 rings (SSSR count). The highest BCUT2D eigenvalue weighted by Crippen LogP contribution is 2.14. The van der Waals surface area contributed by atoms with E-state index < -0.39 is 6.61 Å². The highest BCUT2D eigenvalue weighted by Gasteiger charge is 2.02. The Morgan fingerprint density at radius 2 is 2.18 bits per heavy atom. The smallest absolute Gasteiger partial charge is 0.387 e. The molecule has 0 aliphatic rings. The quantitative estimate of drug-likeness (QED) is 0.750. The van der Waals surface area contributed by atoms with Gasteiger partial charge in [-0.1, -0.05) is 0 Å². The summed E-state index contributed by atoms with van der Waals surface area (Å²) in [7, 11) is 0. The molecule has 11 heavy (non-hydrogen) atoms. The van der Waals surface area contributed by atoms with E-state index in [0.29, 0.717) is 0 Å². The van der Waals surface area contributed by atoms with Gasteiger partial charge in [-0.3, -0.25) is 0 Å². The first-order chi connectivity index (χ1) is 5.18. The van der Waals surface area contributed by atoms with Crippen molar-refractivity contribution in [1.82, 2.24) is 0 Å². The first kappa shape index (κ1) is 8.70. The molecule has 0 N–H and O–H groups in total. The van der Waals surface area contributed by atoms with E-state index in [-0.39, 0.29) is 5.75 Å². The molecule has 0 aliphatic carbocycles. The Labute approximate surface area is 76.5 Å². The van der Waals surface area contributed by atoms with E-state index in [1.54, 1.807) is 12.1 Å². The fourth-order valence-corrected chi connectivity index (χ4v) is 0.896. The minimum atomic E-state index is -2.77. The third-order valence-corrected chi connectivity index (χ3v) is 1.63. The largest absolute Gasteiger partial charge is 0.434 e. The zero-order valence-electron chi connectivity index (χ0n) is 5.35. The van der Waals surface area contributed by atoms with Crippen LogP contribution in [0, 0.1) is 9.64 Å². The van der Waals surface area contributed by atoms with Crippen LogP contribution >= 0.6 is 22.6 Å². The lowest BCUT2D eigenvalue weighted by molar-refractivity contribution is -0.0500. The zero-order chi connectivity index (χ0) is 8.27. The summed E-state index contributed by atoms with van der Waals surface area (Å²) >= 11 is 2.06. The number of alkyl halides is 2. The van der Waals surface area contributed by atoms with Crippen LogP contribution in [0.25, 0.3) is 0 Å². The third-order valence-electron chi connectivity index (χ3n) is 0.962. The van der Waals surface area contributed by atoms with Gasteiger partial charge in [0.15, 0.2) is 0 Å². The molecule has 0 saturated heterocycles. The van der Waals surface area contributed by atoms with Gasteiger partial charge >= 0.3 is 6.61 Å². The summed E-state index contributed by atoms with van der Waals surface area (Å²) in [5.74, 6) is 0.0698. The third kappa shape index (κ3) is 3.00. The van der Waals surface area contributed by atoms with Crippen molar-refractivity contribution in [3.63, 3.8) is 0 Å². The van der Waals surface area contributed by atoms with Gasteiger partial charge in [0.2, 0.25) is 0 Å². The zero-order valence-corrected chi connectivity index (χ0v) is 7.51. The van der Waals surface area contributed by atoms with Crippen molar-refractivity contribution in [2.75, 3.05) is 0 Å². The van der Waals surface area contributed by atoms with Crippen LogP contribution in [0.3, 0.4) is 0 Å². The average molecular weight is 269 g/mol. The van der Waals surface area contributed by atoms with Crippen LogP contribution < -0.4 is 4.74 Å². The number of rotatable bonds is 2. The molecule has 1 nitrogen and oxygen atoms in total. The molecule has 0 bridgehead atoms. The van der Waals surface area contributed by atoms with Gasteiger partial charge in [0.05, 0.1) is 0 Å².